The summed E-state index contributed by atoms with van der Waals surface area (Å²) in [6.45, 7) is 9.24. The van der Waals surface area contributed by atoms with Crippen LogP contribution in [-0.2, 0) is 0 Å². The van der Waals surface area contributed by atoms with Crippen molar-refractivity contribution in [2.45, 2.75) is 0 Å². The number of rotatable bonds is 7. The maximum absolute atomic E-state index is 9.24. The largest absolute Gasteiger partial charge is 0.317 e. The maximum Gasteiger partial charge on any atom is 0.213 e. The lowest BCUT2D eigenvalue weighted by atomic mass is 10.0. The average Bonchev–Trinajstić information content (AvgIpc) is 4.08. The van der Waals surface area contributed by atoms with E-state index in [4.69, 9.17) is 0 Å². The Balaban J connectivity index is 1.19. The molecule has 11 aromatic carbocycles. The van der Waals surface area contributed by atoms with Gasteiger partial charge in [0.2, 0.25) is 5.69 Å². The molecule has 0 saturated carbocycles. The van der Waals surface area contributed by atoms with Gasteiger partial charge in [0.15, 0.2) is 0 Å². The van der Waals surface area contributed by atoms with Crippen molar-refractivity contribution in [1.29, 1.82) is 0 Å². The first-order chi connectivity index (χ1) is 35.2. The first kappa shape index (κ1) is 40.4. The van der Waals surface area contributed by atoms with E-state index < -0.39 is 0 Å². The van der Waals surface area contributed by atoms with Crippen molar-refractivity contribution in [3.8, 4) is 61.6 Å². The van der Waals surface area contributed by atoms with E-state index in [1.54, 1.807) is 0 Å². The molecule has 0 spiro atoms. The molecule has 3 heterocycles. The van der Waals surface area contributed by atoms with E-state index in [2.05, 4.69) is 273 Å². The minimum atomic E-state index is 0.568. The molecule has 0 fully saturated rings. The normalized spacial score (nSPS) is 11.6. The smallest absolute Gasteiger partial charge is 0.213 e. The first-order valence-electron chi connectivity index (χ1n) is 24.1. The Kier molecular flexibility index (Phi) is 9.23. The summed E-state index contributed by atoms with van der Waals surface area (Å²) in [5.74, 6) is 0. The van der Waals surface area contributed by atoms with Crippen molar-refractivity contribution in [1.82, 2.24) is 13.7 Å². The van der Waals surface area contributed by atoms with Gasteiger partial charge in [-0.25, -0.2) is 4.85 Å². The minimum Gasteiger partial charge on any atom is -0.317 e. The molecular weight excluding hydrogens is 861 g/mol. The maximum atomic E-state index is 9.24. The van der Waals surface area contributed by atoms with Gasteiger partial charge in [0.05, 0.1) is 51.0 Å². The zero-order chi connectivity index (χ0) is 47.0. The number of aromatic nitrogens is 3. The number of hydrogen-bond donors (Lipinski definition) is 0. The lowest BCUT2D eigenvalue weighted by molar-refractivity contribution is 1.09. The highest BCUT2D eigenvalue weighted by Gasteiger charge is 2.29. The van der Waals surface area contributed by atoms with Crippen LogP contribution in [0.25, 0.3) is 132 Å². The predicted octanol–water partition coefficient (Wildman–Crippen LogP) is 18.2. The Labute approximate surface area is 410 Å². The van der Waals surface area contributed by atoms with E-state index >= 15 is 0 Å². The number of nitrogens with zero attached hydrogens (tertiary/aromatic N) is 4. The Hall–Kier alpha value is -9.69. The van der Waals surface area contributed by atoms with Gasteiger partial charge in [-0.3, -0.25) is 0 Å². The molecule has 330 valence electrons. The van der Waals surface area contributed by atoms with Gasteiger partial charge in [0.25, 0.3) is 0 Å². The Morgan fingerprint density at radius 2 is 0.592 bits per heavy atom. The van der Waals surface area contributed by atoms with Crippen LogP contribution in [0.4, 0.5) is 5.69 Å². The fraction of sp³-hybridized carbons (Fsp3) is 0. The highest BCUT2D eigenvalue weighted by atomic mass is 15.1. The second-order valence-corrected chi connectivity index (χ2v) is 18.4. The monoisotopic (exact) mass is 902 g/mol. The molecule has 4 nitrogen and oxygen atoms in total. The van der Waals surface area contributed by atoms with Crippen LogP contribution in [0.3, 0.4) is 0 Å². The summed E-state index contributed by atoms with van der Waals surface area (Å²) >= 11 is 0. The molecule has 4 heteroatoms. The fourth-order valence-corrected chi connectivity index (χ4v) is 11.2. The van der Waals surface area contributed by atoms with Gasteiger partial charge in [0.1, 0.15) is 0 Å². The molecule has 0 aliphatic rings. The van der Waals surface area contributed by atoms with Crippen LogP contribution in [0.2, 0.25) is 0 Å². The van der Waals surface area contributed by atoms with Crippen LogP contribution >= 0.6 is 0 Å². The van der Waals surface area contributed by atoms with Crippen molar-refractivity contribution in [3.05, 3.63) is 266 Å². The van der Waals surface area contributed by atoms with Crippen molar-refractivity contribution >= 4 is 71.1 Å². The summed E-state index contributed by atoms with van der Waals surface area (Å²) in [5, 5.41) is 6.61. The average molecular weight is 903 g/mol. The zero-order valence-electron chi connectivity index (χ0n) is 38.5. The van der Waals surface area contributed by atoms with Gasteiger partial charge in [0, 0.05) is 32.6 Å². The molecule has 71 heavy (non-hydrogen) atoms. The van der Waals surface area contributed by atoms with E-state index in [-0.39, 0.29) is 0 Å². The van der Waals surface area contributed by atoms with Gasteiger partial charge in [-0.1, -0.05) is 182 Å². The fourth-order valence-electron chi connectivity index (χ4n) is 11.2. The van der Waals surface area contributed by atoms with Crippen LogP contribution in [0.15, 0.2) is 255 Å². The lowest BCUT2D eigenvalue weighted by Gasteiger charge is -2.22. The number of fused-ring (bicyclic) bond motifs is 9. The summed E-state index contributed by atoms with van der Waals surface area (Å²) in [7, 11) is 0. The number of hydrogen-bond acceptors (Lipinski definition) is 0. The molecule has 0 bridgehead atoms. The summed E-state index contributed by atoms with van der Waals surface area (Å²) in [6.07, 6.45) is 0. The van der Waals surface area contributed by atoms with Crippen LogP contribution in [0.1, 0.15) is 0 Å². The van der Waals surface area contributed by atoms with Gasteiger partial charge in [-0.05, 0) is 123 Å². The molecule has 0 N–H and O–H groups in total. The molecule has 0 saturated heterocycles. The summed E-state index contributed by atoms with van der Waals surface area (Å²) in [5.41, 5.74) is 18.8. The summed E-state index contributed by atoms with van der Waals surface area (Å²) in [6, 6.07) is 91.5. The van der Waals surface area contributed by atoms with E-state index in [0.717, 1.165) is 127 Å². The molecule has 0 aliphatic heterocycles. The Morgan fingerprint density at radius 3 is 0.986 bits per heavy atom. The number of para-hydroxylation sites is 2. The SMILES string of the molecule is [C-]#[N+]c1cc2c3ccccc3n(-c3ccccc3)c2c(-n2c3ccc(-c4ccccc4)cc3c3cc(-c4ccccc4)ccc32)c1-n1c2ccc(-c3ccccc3)cc2c2cc(-c3ccccc3)ccc21. The Bertz CT molecular complexity index is 4230. The molecule has 0 radical (unpaired) electrons. The third-order valence-corrected chi connectivity index (χ3v) is 14.4. The van der Waals surface area contributed by atoms with Gasteiger partial charge in [-0.2, -0.15) is 0 Å². The lowest BCUT2D eigenvalue weighted by Crippen LogP contribution is -2.07. The predicted molar refractivity (Wildman–Crippen MR) is 297 cm³/mol. The molecule has 0 unspecified atom stereocenters. The molecule has 3 aromatic heterocycles. The third kappa shape index (κ3) is 6.38. The molecule has 0 amide bonds. The van der Waals surface area contributed by atoms with E-state index in [1.165, 1.54) is 0 Å². The zero-order valence-corrected chi connectivity index (χ0v) is 38.5. The van der Waals surface area contributed by atoms with Gasteiger partial charge < -0.3 is 13.7 Å². The first-order valence-corrected chi connectivity index (χ1v) is 24.1. The quantitative estimate of drug-likeness (QED) is 0.142. The van der Waals surface area contributed by atoms with Crippen LogP contribution < -0.4 is 0 Å². The summed E-state index contributed by atoms with van der Waals surface area (Å²) in [4.78, 5) is 4.55. The molecular formula is C67H42N4. The minimum absolute atomic E-state index is 0.568. The second kappa shape index (κ2) is 16.2. The highest BCUT2D eigenvalue weighted by Crippen LogP contribution is 2.49. The van der Waals surface area contributed by atoms with E-state index in [1.807, 2.05) is 0 Å². The molecule has 0 atom stereocenters. The van der Waals surface area contributed by atoms with Crippen molar-refractivity contribution in [2.24, 2.45) is 0 Å². The van der Waals surface area contributed by atoms with E-state index in [0.29, 0.717) is 5.69 Å². The highest BCUT2D eigenvalue weighted by molar-refractivity contribution is 6.20. The van der Waals surface area contributed by atoms with Crippen LogP contribution in [0.5, 0.6) is 0 Å². The van der Waals surface area contributed by atoms with Crippen molar-refractivity contribution in [2.75, 3.05) is 0 Å². The molecule has 14 rings (SSSR count). The number of benzene rings is 11. The second-order valence-electron chi connectivity index (χ2n) is 18.4. The third-order valence-electron chi connectivity index (χ3n) is 14.4. The van der Waals surface area contributed by atoms with Crippen LogP contribution in [-0.4, -0.2) is 13.7 Å². The van der Waals surface area contributed by atoms with Gasteiger partial charge in [-0.15, -0.1) is 0 Å². The Morgan fingerprint density at radius 1 is 0.254 bits per heavy atom. The topological polar surface area (TPSA) is 19.1 Å². The van der Waals surface area contributed by atoms with Gasteiger partial charge >= 0.3 is 0 Å². The van der Waals surface area contributed by atoms with E-state index in [9.17, 15) is 6.57 Å². The van der Waals surface area contributed by atoms with Crippen LogP contribution in [0, 0.1) is 6.57 Å². The van der Waals surface area contributed by atoms with Crippen molar-refractivity contribution in [3.63, 3.8) is 0 Å². The standard InChI is InChI=1S/C67H42N4/c1-68-59-43-58-53-29-17-18-30-60(53)69(52-27-15-6-16-28-52)65(58)67(71-63-37-33-50(46-23-11-4-12-24-46)41-56(63)57-42-51(34-38-64(57)71)47-25-13-5-14-26-47)66(59)70-61-35-31-48(44-19-7-2-8-20-44)39-54(61)55-40-49(32-36-62(55)70)45-21-9-3-10-22-45/h2-43H. The van der Waals surface area contributed by atoms with Crippen molar-refractivity contribution < 1.29 is 0 Å². The summed E-state index contributed by atoms with van der Waals surface area (Å²) < 4.78 is 7.27. The molecule has 14 aromatic rings. The molecule has 0 aliphatic carbocycles.